The molecular weight excluding hydrogens is 357 g/mol. The number of piperazine rings is 1. The van der Waals surface area contributed by atoms with Gasteiger partial charge in [-0.05, 0) is 36.8 Å². The fraction of sp³-hybridized carbons (Fsp3) is 0.238. The van der Waals surface area contributed by atoms with E-state index in [1.807, 2.05) is 24.0 Å². The quantitative estimate of drug-likeness (QED) is 0.770. The summed E-state index contributed by atoms with van der Waals surface area (Å²) >= 11 is 0. The number of rotatable bonds is 3. The van der Waals surface area contributed by atoms with Crippen LogP contribution in [0, 0.1) is 28.5 Å². The number of anilines is 1. The molecule has 3 rings (SSSR count). The Kier molecular flexibility index (Phi) is 5.67. The van der Waals surface area contributed by atoms with Crippen molar-refractivity contribution in [3.8, 4) is 12.1 Å². The zero-order valence-electron chi connectivity index (χ0n) is 15.3. The molecule has 1 aromatic heterocycles. The summed E-state index contributed by atoms with van der Waals surface area (Å²) in [5.41, 5.74) is 1.51. The van der Waals surface area contributed by atoms with Crippen molar-refractivity contribution in [1.29, 1.82) is 10.5 Å². The van der Waals surface area contributed by atoms with Gasteiger partial charge in [0.15, 0.2) is 0 Å². The van der Waals surface area contributed by atoms with Crippen LogP contribution in [0.4, 0.5) is 10.2 Å². The fourth-order valence-corrected chi connectivity index (χ4v) is 3.22. The number of carbonyl (C=O) groups is 1. The predicted octanol–water partition coefficient (Wildman–Crippen LogP) is 2.71. The molecule has 1 atom stereocenters. The topological polar surface area (TPSA) is 84.0 Å². The third kappa shape index (κ3) is 4.16. The van der Waals surface area contributed by atoms with E-state index in [1.165, 1.54) is 12.1 Å². The number of hydrogen-bond donors (Lipinski definition) is 0. The first kappa shape index (κ1) is 19.1. The molecule has 1 aliphatic rings. The lowest BCUT2D eigenvalue weighted by Crippen LogP contribution is -2.54. The van der Waals surface area contributed by atoms with Gasteiger partial charge in [-0.15, -0.1) is 0 Å². The van der Waals surface area contributed by atoms with E-state index < -0.39 is 5.82 Å². The Morgan fingerprint density at radius 1 is 1.29 bits per heavy atom. The predicted molar refractivity (Wildman–Crippen MR) is 102 cm³/mol. The highest BCUT2D eigenvalue weighted by molar-refractivity contribution is 5.92. The van der Waals surface area contributed by atoms with E-state index in [0.717, 1.165) is 11.8 Å². The Bertz CT molecular complexity index is 1000. The van der Waals surface area contributed by atoms with E-state index in [-0.39, 0.29) is 17.5 Å². The summed E-state index contributed by atoms with van der Waals surface area (Å²) in [7, 11) is 0. The van der Waals surface area contributed by atoms with Crippen molar-refractivity contribution in [2.45, 2.75) is 13.0 Å². The maximum absolute atomic E-state index is 13.3. The Balaban J connectivity index is 1.68. The minimum absolute atomic E-state index is 0.102. The molecule has 0 radical (unpaired) electrons. The first-order valence-corrected chi connectivity index (χ1v) is 8.81. The molecule has 1 aromatic carbocycles. The van der Waals surface area contributed by atoms with E-state index in [2.05, 4.69) is 11.1 Å². The second kappa shape index (κ2) is 8.32. The molecule has 28 heavy (non-hydrogen) atoms. The largest absolute Gasteiger partial charge is 0.352 e. The summed E-state index contributed by atoms with van der Waals surface area (Å²) < 4.78 is 13.3. The summed E-state index contributed by atoms with van der Waals surface area (Å²) in [6.07, 6.45) is 4.29. The number of aromatic nitrogens is 1. The van der Waals surface area contributed by atoms with Crippen LogP contribution in [0.2, 0.25) is 0 Å². The number of hydrogen-bond acceptors (Lipinski definition) is 5. The third-order valence-electron chi connectivity index (χ3n) is 4.60. The molecular formula is C21H18FN5O. The van der Waals surface area contributed by atoms with Crippen LogP contribution in [-0.4, -0.2) is 41.5 Å². The van der Waals surface area contributed by atoms with Gasteiger partial charge >= 0.3 is 0 Å². The van der Waals surface area contributed by atoms with Gasteiger partial charge in [-0.2, -0.15) is 10.5 Å². The van der Waals surface area contributed by atoms with Crippen LogP contribution in [0.15, 0.2) is 42.6 Å². The van der Waals surface area contributed by atoms with Crippen molar-refractivity contribution in [1.82, 2.24) is 9.88 Å². The van der Waals surface area contributed by atoms with Crippen LogP contribution in [0.1, 0.15) is 23.6 Å². The lowest BCUT2D eigenvalue weighted by Gasteiger charge is -2.40. The second-order valence-electron chi connectivity index (χ2n) is 6.53. The molecule has 0 spiro atoms. The highest BCUT2D eigenvalue weighted by Crippen LogP contribution is 2.22. The van der Waals surface area contributed by atoms with Crippen molar-refractivity contribution in [2.75, 3.05) is 24.5 Å². The maximum Gasteiger partial charge on any atom is 0.246 e. The molecule has 2 heterocycles. The average Bonchev–Trinajstić information content (AvgIpc) is 2.72. The van der Waals surface area contributed by atoms with Crippen LogP contribution >= 0.6 is 0 Å². The van der Waals surface area contributed by atoms with Crippen LogP contribution in [0.3, 0.4) is 0 Å². The molecule has 2 aromatic rings. The van der Waals surface area contributed by atoms with Crippen molar-refractivity contribution in [3.05, 3.63) is 65.1 Å². The molecule has 0 bridgehead atoms. The van der Waals surface area contributed by atoms with Gasteiger partial charge in [0.05, 0.1) is 23.4 Å². The molecule has 0 aliphatic carbocycles. The first-order valence-electron chi connectivity index (χ1n) is 8.81. The summed E-state index contributed by atoms with van der Waals surface area (Å²) in [5, 5.41) is 18.2. The first-order chi connectivity index (χ1) is 13.5. The lowest BCUT2D eigenvalue weighted by atomic mass is 10.1. The van der Waals surface area contributed by atoms with Crippen LogP contribution in [0.25, 0.3) is 6.08 Å². The highest BCUT2D eigenvalue weighted by Gasteiger charge is 2.28. The Morgan fingerprint density at radius 2 is 2.11 bits per heavy atom. The van der Waals surface area contributed by atoms with Gasteiger partial charge in [0.1, 0.15) is 17.7 Å². The van der Waals surface area contributed by atoms with Gasteiger partial charge < -0.3 is 9.80 Å². The highest BCUT2D eigenvalue weighted by atomic mass is 19.1. The average molecular weight is 375 g/mol. The molecule has 140 valence electrons. The molecule has 6 nitrogen and oxygen atoms in total. The van der Waals surface area contributed by atoms with E-state index in [9.17, 15) is 14.4 Å². The van der Waals surface area contributed by atoms with E-state index in [0.29, 0.717) is 31.0 Å². The van der Waals surface area contributed by atoms with E-state index in [1.54, 1.807) is 29.2 Å². The van der Waals surface area contributed by atoms with Crippen LogP contribution < -0.4 is 4.90 Å². The van der Waals surface area contributed by atoms with E-state index >= 15 is 0 Å². The normalized spacial score (nSPS) is 16.6. The molecule has 0 unspecified atom stereocenters. The number of nitriles is 2. The monoisotopic (exact) mass is 375 g/mol. The number of amides is 1. The Hall–Kier alpha value is -3.71. The van der Waals surface area contributed by atoms with Crippen LogP contribution in [0.5, 0.6) is 0 Å². The fourth-order valence-electron chi connectivity index (χ4n) is 3.22. The minimum Gasteiger partial charge on any atom is -0.352 e. The Labute approximate surface area is 162 Å². The van der Waals surface area contributed by atoms with Crippen molar-refractivity contribution in [2.24, 2.45) is 0 Å². The molecule has 0 saturated carbocycles. The number of halogens is 1. The summed E-state index contributed by atoms with van der Waals surface area (Å²) in [5.74, 6) is -0.235. The molecule has 7 heteroatoms. The molecule has 1 fully saturated rings. The molecule has 1 aliphatic heterocycles. The number of carbonyl (C=O) groups excluding carboxylic acids is 1. The number of pyridine rings is 1. The summed E-state index contributed by atoms with van der Waals surface area (Å²) in [6, 6.07) is 12.1. The standard InChI is InChI=1S/C21H18FN5O/c1-15-14-26(21-18(12-24)10-19(22)13-25-21)7-8-27(15)20(28)6-5-16-3-2-4-17(9-16)11-23/h2-6,9-10,13,15H,7-8,14H2,1H3/t15-/m1/s1. The lowest BCUT2D eigenvalue weighted by molar-refractivity contribution is -0.128. The van der Waals surface area contributed by atoms with Gasteiger partial charge in [0.25, 0.3) is 0 Å². The summed E-state index contributed by atoms with van der Waals surface area (Å²) in [4.78, 5) is 20.3. The minimum atomic E-state index is -0.548. The summed E-state index contributed by atoms with van der Waals surface area (Å²) in [6.45, 7) is 3.38. The molecule has 1 amide bonds. The number of benzene rings is 1. The zero-order valence-corrected chi connectivity index (χ0v) is 15.3. The van der Waals surface area contributed by atoms with Gasteiger partial charge in [0, 0.05) is 31.8 Å². The van der Waals surface area contributed by atoms with Gasteiger partial charge in [-0.1, -0.05) is 12.1 Å². The van der Waals surface area contributed by atoms with Gasteiger partial charge in [0.2, 0.25) is 5.91 Å². The van der Waals surface area contributed by atoms with Gasteiger partial charge in [-0.25, -0.2) is 9.37 Å². The molecule has 0 N–H and O–H groups in total. The smallest absolute Gasteiger partial charge is 0.246 e. The Morgan fingerprint density at radius 3 is 2.82 bits per heavy atom. The zero-order chi connectivity index (χ0) is 20.1. The van der Waals surface area contributed by atoms with Crippen molar-refractivity contribution < 1.29 is 9.18 Å². The maximum atomic E-state index is 13.3. The molecule has 1 saturated heterocycles. The van der Waals surface area contributed by atoms with Crippen molar-refractivity contribution >= 4 is 17.8 Å². The van der Waals surface area contributed by atoms with Crippen molar-refractivity contribution in [3.63, 3.8) is 0 Å². The van der Waals surface area contributed by atoms with Gasteiger partial charge in [-0.3, -0.25) is 4.79 Å². The third-order valence-corrected chi connectivity index (χ3v) is 4.60. The SMILES string of the molecule is C[C@@H]1CN(c2ncc(F)cc2C#N)CCN1C(=O)C=Cc1cccc(C#N)c1. The number of nitrogens with zero attached hydrogens (tertiary/aromatic N) is 5. The van der Waals surface area contributed by atoms with Crippen LogP contribution in [-0.2, 0) is 4.79 Å². The second-order valence-corrected chi connectivity index (χ2v) is 6.53. The van der Waals surface area contributed by atoms with E-state index in [4.69, 9.17) is 5.26 Å².